The molecule has 5 heteroatoms. The number of carbonyl (C=O) groups is 2. The third kappa shape index (κ3) is 3.98. The monoisotopic (exact) mass is 304 g/mol. The van der Waals surface area contributed by atoms with Crippen molar-refractivity contribution in [2.45, 2.75) is 24.0 Å². The number of rotatable bonds is 6. The van der Waals surface area contributed by atoms with E-state index in [0.717, 1.165) is 10.5 Å². The summed E-state index contributed by atoms with van der Waals surface area (Å²) in [5.74, 6) is 1.18. The van der Waals surface area contributed by atoms with Crippen LogP contribution in [0, 0.1) is 0 Å². The average molecular weight is 304 g/mol. The quantitative estimate of drug-likeness (QED) is 0.459. The van der Waals surface area contributed by atoms with Gasteiger partial charge in [0, 0.05) is 16.9 Å². The maximum Gasteiger partial charge on any atom is 0.373 e. The molecular formula is C16H16O4S. The zero-order chi connectivity index (χ0) is 15.2. The van der Waals surface area contributed by atoms with Crippen molar-refractivity contribution in [2.24, 2.45) is 0 Å². The number of ketones is 1. The maximum atomic E-state index is 11.5. The molecule has 110 valence electrons. The van der Waals surface area contributed by atoms with Gasteiger partial charge in [-0.25, -0.2) is 4.79 Å². The van der Waals surface area contributed by atoms with Gasteiger partial charge in [0.25, 0.3) is 0 Å². The van der Waals surface area contributed by atoms with Gasteiger partial charge >= 0.3 is 5.97 Å². The smallest absolute Gasteiger partial charge is 0.373 e. The van der Waals surface area contributed by atoms with Crippen molar-refractivity contribution in [3.63, 3.8) is 0 Å². The molecule has 0 saturated carbocycles. The summed E-state index contributed by atoms with van der Waals surface area (Å²) >= 11 is 1.58. The van der Waals surface area contributed by atoms with E-state index < -0.39 is 5.97 Å². The number of esters is 1. The summed E-state index contributed by atoms with van der Waals surface area (Å²) in [5.41, 5.74) is 0.729. The summed E-state index contributed by atoms with van der Waals surface area (Å²) in [6, 6.07) is 10.8. The fourth-order valence-electron chi connectivity index (χ4n) is 1.76. The van der Waals surface area contributed by atoms with Crippen LogP contribution in [-0.4, -0.2) is 18.9 Å². The molecule has 0 saturated heterocycles. The number of carbonyl (C=O) groups excluding carboxylic acids is 2. The lowest BCUT2D eigenvalue weighted by Gasteiger charge is -2.02. The van der Waals surface area contributed by atoms with E-state index >= 15 is 0 Å². The highest BCUT2D eigenvalue weighted by Crippen LogP contribution is 2.24. The Morgan fingerprint density at radius 1 is 1.14 bits per heavy atom. The van der Waals surface area contributed by atoms with Crippen LogP contribution in [0.15, 0.2) is 45.7 Å². The van der Waals surface area contributed by atoms with E-state index in [-0.39, 0.29) is 11.5 Å². The SMILES string of the molecule is CCC(=O)c1ccc(SCc2ccc(C(=O)OC)o2)cc1. The summed E-state index contributed by atoms with van der Waals surface area (Å²) in [5, 5.41) is 0. The molecule has 0 fully saturated rings. The highest BCUT2D eigenvalue weighted by Gasteiger charge is 2.11. The number of methoxy groups -OCH3 is 1. The lowest BCUT2D eigenvalue weighted by Crippen LogP contribution is -1.98. The van der Waals surface area contributed by atoms with E-state index in [1.807, 2.05) is 31.2 Å². The van der Waals surface area contributed by atoms with Gasteiger partial charge in [-0.05, 0) is 24.3 Å². The van der Waals surface area contributed by atoms with Crippen LogP contribution >= 0.6 is 11.8 Å². The van der Waals surface area contributed by atoms with Crippen molar-refractivity contribution in [1.82, 2.24) is 0 Å². The fourth-order valence-corrected chi connectivity index (χ4v) is 2.55. The van der Waals surface area contributed by atoms with Gasteiger partial charge in [-0.1, -0.05) is 19.1 Å². The average Bonchev–Trinajstić information content (AvgIpc) is 3.01. The molecular weight excluding hydrogens is 288 g/mol. The largest absolute Gasteiger partial charge is 0.463 e. The standard InChI is InChI=1S/C16H16O4S/c1-3-14(17)11-4-7-13(8-5-11)21-10-12-6-9-15(20-12)16(18)19-2/h4-9H,3,10H2,1-2H3. The number of furan rings is 1. The summed E-state index contributed by atoms with van der Waals surface area (Å²) in [6.45, 7) is 1.85. The lowest BCUT2D eigenvalue weighted by atomic mass is 10.1. The molecule has 4 nitrogen and oxygen atoms in total. The van der Waals surface area contributed by atoms with E-state index in [2.05, 4.69) is 4.74 Å². The Kier molecular flexibility index (Phi) is 5.22. The zero-order valence-electron chi connectivity index (χ0n) is 11.9. The second kappa shape index (κ2) is 7.13. The molecule has 1 aromatic carbocycles. The van der Waals surface area contributed by atoms with Gasteiger partial charge in [0.1, 0.15) is 5.76 Å². The Hall–Kier alpha value is -2.01. The van der Waals surface area contributed by atoms with Crippen LogP contribution in [0.4, 0.5) is 0 Å². The van der Waals surface area contributed by atoms with E-state index in [9.17, 15) is 9.59 Å². The molecule has 2 rings (SSSR count). The Balaban J connectivity index is 1.95. The molecule has 0 aliphatic heterocycles. The second-order valence-corrected chi connectivity index (χ2v) is 5.40. The van der Waals surface area contributed by atoms with Crippen molar-refractivity contribution in [3.05, 3.63) is 53.5 Å². The third-order valence-corrected chi connectivity index (χ3v) is 3.96. The van der Waals surface area contributed by atoms with Crippen LogP contribution in [0.25, 0.3) is 0 Å². The van der Waals surface area contributed by atoms with E-state index in [4.69, 9.17) is 4.42 Å². The van der Waals surface area contributed by atoms with Crippen molar-refractivity contribution in [2.75, 3.05) is 7.11 Å². The molecule has 0 amide bonds. The van der Waals surface area contributed by atoms with Crippen molar-refractivity contribution >= 4 is 23.5 Å². The maximum absolute atomic E-state index is 11.5. The van der Waals surface area contributed by atoms with Gasteiger partial charge in [-0.2, -0.15) is 0 Å². The first-order valence-electron chi connectivity index (χ1n) is 6.57. The molecule has 0 atom stereocenters. The van der Waals surface area contributed by atoms with Gasteiger partial charge in [0.15, 0.2) is 5.78 Å². The minimum Gasteiger partial charge on any atom is -0.463 e. The predicted octanol–water partition coefficient (Wildman–Crippen LogP) is 3.95. The molecule has 21 heavy (non-hydrogen) atoms. The number of hydrogen-bond donors (Lipinski definition) is 0. The summed E-state index contributed by atoms with van der Waals surface area (Å²) in [7, 11) is 1.32. The molecule has 0 aliphatic carbocycles. The first-order valence-corrected chi connectivity index (χ1v) is 7.55. The van der Waals surface area contributed by atoms with Crippen LogP contribution in [-0.2, 0) is 10.5 Å². The first kappa shape index (κ1) is 15.4. The number of benzene rings is 1. The second-order valence-electron chi connectivity index (χ2n) is 4.35. The van der Waals surface area contributed by atoms with Crippen LogP contribution in [0.3, 0.4) is 0 Å². The van der Waals surface area contributed by atoms with Gasteiger partial charge < -0.3 is 9.15 Å². The zero-order valence-corrected chi connectivity index (χ0v) is 12.7. The molecule has 0 unspecified atom stereocenters. The first-order chi connectivity index (χ1) is 10.1. The molecule has 1 aromatic heterocycles. The molecule has 1 heterocycles. The van der Waals surface area contributed by atoms with Gasteiger partial charge in [-0.3, -0.25) is 4.79 Å². The topological polar surface area (TPSA) is 56.5 Å². The molecule has 0 aliphatic rings. The fraction of sp³-hybridized carbons (Fsp3) is 0.250. The van der Waals surface area contributed by atoms with Gasteiger partial charge in [-0.15, -0.1) is 11.8 Å². The highest BCUT2D eigenvalue weighted by molar-refractivity contribution is 7.98. The van der Waals surface area contributed by atoms with Crippen LogP contribution in [0.5, 0.6) is 0 Å². The van der Waals surface area contributed by atoms with E-state index in [0.29, 0.717) is 17.9 Å². The summed E-state index contributed by atoms with van der Waals surface area (Å²) in [4.78, 5) is 23.9. The number of hydrogen-bond acceptors (Lipinski definition) is 5. The number of thioether (sulfide) groups is 1. The van der Waals surface area contributed by atoms with Crippen molar-refractivity contribution in [1.29, 1.82) is 0 Å². The Labute approximate surface area is 127 Å². The molecule has 0 N–H and O–H groups in total. The van der Waals surface area contributed by atoms with Gasteiger partial charge in [0.05, 0.1) is 12.9 Å². The van der Waals surface area contributed by atoms with Crippen molar-refractivity contribution < 1.29 is 18.7 Å². The summed E-state index contributed by atoms with van der Waals surface area (Å²) < 4.78 is 9.98. The predicted molar refractivity (Wildman–Crippen MR) is 80.7 cm³/mol. The minimum atomic E-state index is -0.478. The lowest BCUT2D eigenvalue weighted by molar-refractivity contribution is 0.0563. The van der Waals surface area contributed by atoms with Crippen LogP contribution < -0.4 is 0 Å². The van der Waals surface area contributed by atoms with Gasteiger partial charge in [0.2, 0.25) is 5.76 Å². The Morgan fingerprint density at radius 3 is 2.48 bits per heavy atom. The Morgan fingerprint density at radius 2 is 1.86 bits per heavy atom. The highest BCUT2D eigenvalue weighted by atomic mass is 32.2. The number of Topliss-reactive ketones (excluding diaryl/α,β-unsaturated/α-hetero) is 1. The normalized spacial score (nSPS) is 10.4. The Bertz CT molecular complexity index is 628. The molecule has 2 aromatic rings. The molecule has 0 bridgehead atoms. The van der Waals surface area contributed by atoms with E-state index in [1.165, 1.54) is 7.11 Å². The molecule has 0 radical (unpaired) electrons. The third-order valence-electron chi connectivity index (χ3n) is 2.93. The minimum absolute atomic E-state index is 0.139. The van der Waals surface area contributed by atoms with Crippen molar-refractivity contribution in [3.8, 4) is 0 Å². The summed E-state index contributed by atoms with van der Waals surface area (Å²) in [6.07, 6.45) is 0.509. The number of ether oxygens (including phenoxy) is 1. The van der Waals surface area contributed by atoms with Crippen LogP contribution in [0.2, 0.25) is 0 Å². The van der Waals surface area contributed by atoms with Crippen LogP contribution in [0.1, 0.15) is 40.0 Å². The van der Waals surface area contributed by atoms with E-state index in [1.54, 1.807) is 23.9 Å². The molecule has 0 spiro atoms.